The monoisotopic (exact) mass is 456 g/mol. The molecule has 0 bridgehead atoms. The number of hydrogen-bond acceptors (Lipinski definition) is 4. The smallest absolute Gasteiger partial charge is 0.317 e. The van der Waals surface area contributed by atoms with Crippen LogP contribution in [0, 0.1) is 0 Å². The van der Waals surface area contributed by atoms with E-state index in [0.29, 0.717) is 13.1 Å². The number of carboxylic acid groups (broad SMARTS) is 2. The number of carbonyl (C=O) groups is 2. The molecule has 6 heteroatoms. The lowest BCUT2D eigenvalue weighted by atomic mass is 10.1. The van der Waals surface area contributed by atoms with Crippen molar-refractivity contribution in [2.45, 2.75) is 117 Å². The van der Waals surface area contributed by atoms with Gasteiger partial charge in [-0.1, -0.05) is 104 Å². The predicted octanol–water partition coefficient (Wildman–Crippen LogP) is 6.04. The molecule has 32 heavy (non-hydrogen) atoms. The van der Waals surface area contributed by atoms with Crippen LogP contribution in [0.15, 0.2) is 0 Å². The minimum absolute atomic E-state index is 0.0369. The molecule has 0 rings (SSSR count). The van der Waals surface area contributed by atoms with Gasteiger partial charge in [-0.15, -0.1) is 0 Å². The molecular formula is C26H52N2O4. The van der Waals surface area contributed by atoms with Crippen molar-refractivity contribution in [3.8, 4) is 0 Å². The topological polar surface area (TPSA) is 81.1 Å². The molecular weight excluding hydrogens is 404 g/mol. The van der Waals surface area contributed by atoms with Gasteiger partial charge in [0, 0.05) is 13.1 Å². The fourth-order valence-electron chi connectivity index (χ4n) is 4.14. The highest BCUT2D eigenvalue weighted by atomic mass is 16.4. The maximum atomic E-state index is 11.3. The number of rotatable bonds is 25. The molecule has 0 radical (unpaired) electrons. The van der Waals surface area contributed by atoms with E-state index < -0.39 is 11.9 Å². The summed E-state index contributed by atoms with van der Waals surface area (Å²) in [5.74, 6) is -1.62. The lowest BCUT2D eigenvalue weighted by molar-refractivity contribution is -0.140. The molecule has 190 valence electrons. The second kappa shape index (κ2) is 23.0. The molecule has 0 aliphatic rings. The van der Waals surface area contributed by atoms with Crippen molar-refractivity contribution in [3.63, 3.8) is 0 Å². The highest BCUT2D eigenvalue weighted by molar-refractivity contribution is 5.69. The average Bonchev–Trinajstić information content (AvgIpc) is 2.74. The lowest BCUT2D eigenvalue weighted by Gasteiger charge is -2.26. The van der Waals surface area contributed by atoms with E-state index >= 15 is 0 Å². The Morgan fingerprint density at radius 2 is 0.750 bits per heavy atom. The van der Waals surface area contributed by atoms with Gasteiger partial charge in [-0.2, -0.15) is 0 Å². The van der Waals surface area contributed by atoms with E-state index in [1.165, 1.54) is 77.0 Å². The van der Waals surface area contributed by atoms with E-state index in [1.807, 2.05) is 9.80 Å². The van der Waals surface area contributed by atoms with E-state index in [9.17, 15) is 19.8 Å². The van der Waals surface area contributed by atoms with E-state index in [1.54, 1.807) is 0 Å². The first-order chi connectivity index (χ1) is 15.5. The summed E-state index contributed by atoms with van der Waals surface area (Å²) in [6.07, 6.45) is 19.7. The van der Waals surface area contributed by atoms with Gasteiger partial charge in [0.15, 0.2) is 0 Å². The molecule has 0 amide bonds. The van der Waals surface area contributed by atoms with Crippen LogP contribution in [0.4, 0.5) is 0 Å². The van der Waals surface area contributed by atoms with Crippen LogP contribution < -0.4 is 0 Å². The van der Waals surface area contributed by atoms with Crippen molar-refractivity contribution in [1.29, 1.82) is 0 Å². The zero-order valence-corrected chi connectivity index (χ0v) is 21.2. The molecule has 0 aliphatic heterocycles. The minimum Gasteiger partial charge on any atom is -0.480 e. The number of nitrogens with zero attached hydrogens (tertiary/aromatic N) is 2. The van der Waals surface area contributed by atoms with Gasteiger partial charge in [-0.05, 0) is 25.9 Å². The van der Waals surface area contributed by atoms with Crippen molar-refractivity contribution in [2.75, 3.05) is 39.3 Å². The van der Waals surface area contributed by atoms with Crippen molar-refractivity contribution in [2.24, 2.45) is 0 Å². The molecule has 0 fully saturated rings. The Hall–Kier alpha value is -1.14. The highest BCUT2D eigenvalue weighted by Gasteiger charge is 2.14. The molecule has 0 aromatic carbocycles. The Morgan fingerprint density at radius 3 is 1.03 bits per heavy atom. The SMILES string of the molecule is CCCCCCCCCCN(CCN(CCCCCCCCCC)CC(=O)O)CC(=O)O. The van der Waals surface area contributed by atoms with Gasteiger partial charge in [0.2, 0.25) is 0 Å². The summed E-state index contributed by atoms with van der Waals surface area (Å²) in [6.45, 7) is 7.32. The maximum absolute atomic E-state index is 11.3. The van der Waals surface area contributed by atoms with Crippen LogP contribution in [-0.4, -0.2) is 71.2 Å². The van der Waals surface area contributed by atoms with Crippen molar-refractivity contribution in [3.05, 3.63) is 0 Å². The Bertz CT molecular complexity index is 406. The average molecular weight is 457 g/mol. The van der Waals surface area contributed by atoms with Gasteiger partial charge >= 0.3 is 11.9 Å². The summed E-state index contributed by atoms with van der Waals surface area (Å²) in [5.41, 5.74) is 0. The Morgan fingerprint density at radius 1 is 0.469 bits per heavy atom. The van der Waals surface area contributed by atoms with Crippen LogP contribution in [0.3, 0.4) is 0 Å². The Balaban J connectivity index is 4.17. The van der Waals surface area contributed by atoms with Crippen LogP contribution in [0.5, 0.6) is 0 Å². The third-order valence-electron chi connectivity index (χ3n) is 6.11. The molecule has 0 aromatic heterocycles. The van der Waals surface area contributed by atoms with Gasteiger partial charge in [0.25, 0.3) is 0 Å². The minimum atomic E-state index is -0.808. The Labute approximate surface area is 197 Å². The fourth-order valence-corrected chi connectivity index (χ4v) is 4.14. The molecule has 0 heterocycles. The zero-order valence-electron chi connectivity index (χ0n) is 21.2. The molecule has 0 atom stereocenters. The van der Waals surface area contributed by atoms with E-state index in [-0.39, 0.29) is 13.1 Å². The third-order valence-corrected chi connectivity index (χ3v) is 6.11. The molecule has 0 saturated heterocycles. The largest absolute Gasteiger partial charge is 0.480 e. The summed E-state index contributed by atoms with van der Waals surface area (Å²) in [5, 5.41) is 18.5. The normalized spacial score (nSPS) is 11.5. The van der Waals surface area contributed by atoms with Gasteiger partial charge in [0.1, 0.15) is 0 Å². The number of unbranched alkanes of at least 4 members (excludes halogenated alkanes) is 14. The molecule has 0 spiro atoms. The third kappa shape index (κ3) is 22.1. The van der Waals surface area contributed by atoms with Crippen LogP contribution in [-0.2, 0) is 9.59 Å². The fraction of sp³-hybridized carbons (Fsp3) is 0.923. The van der Waals surface area contributed by atoms with E-state index in [4.69, 9.17) is 0 Å². The van der Waals surface area contributed by atoms with E-state index in [2.05, 4.69) is 13.8 Å². The lowest BCUT2D eigenvalue weighted by Crippen LogP contribution is -2.40. The van der Waals surface area contributed by atoms with Crippen molar-refractivity contribution < 1.29 is 19.8 Å². The van der Waals surface area contributed by atoms with Gasteiger partial charge < -0.3 is 10.2 Å². The number of aliphatic carboxylic acids is 2. The summed E-state index contributed by atoms with van der Waals surface area (Å²) >= 11 is 0. The first-order valence-corrected chi connectivity index (χ1v) is 13.4. The van der Waals surface area contributed by atoms with Crippen molar-refractivity contribution >= 4 is 11.9 Å². The number of carboxylic acids is 2. The van der Waals surface area contributed by atoms with Crippen LogP contribution in [0.1, 0.15) is 117 Å². The van der Waals surface area contributed by atoms with Crippen LogP contribution >= 0.6 is 0 Å². The molecule has 0 aromatic rings. The first kappa shape index (κ1) is 30.9. The molecule has 2 N–H and O–H groups in total. The first-order valence-electron chi connectivity index (χ1n) is 13.4. The second-order valence-corrected chi connectivity index (χ2v) is 9.29. The maximum Gasteiger partial charge on any atom is 0.317 e. The van der Waals surface area contributed by atoms with Gasteiger partial charge in [-0.3, -0.25) is 19.4 Å². The predicted molar refractivity (Wildman–Crippen MR) is 133 cm³/mol. The van der Waals surface area contributed by atoms with E-state index in [0.717, 1.165) is 38.8 Å². The number of hydrogen-bond donors (Lipinski definition) is 2. The van der Waals surface area contributed by atoms with Crippen molar-refractivity contribution in [1.82, 2.24) is 9.80 Å². The Kier molecular flexibility index (Phi) is 22.2. The second-order valence-electron chi connectivity index (χ2n) is 9.29. The molecule has 0 unspecified atom stereocenters. The molecule has 0 saturated carbocycles. The highest BCUT2D eigenvalue weighted by Crippen LogP contribution is 2.10. The van der Waals surface area contributed by atoms with Crippen LogP contribution in [0.2, 0.25) is 0 Å². The summed E-state index contributed by atoms with van der Waals surface area (Å²) < 4.78 is 0. The zero-order chi connectivity index (χ0) is 23.9. The summed E-state index contributed by atoms with van der Waals surface area (Å²) in [4.78, 5) is 26.5. The van der Waals surface area contributed by atoms with Gasteiger partial charge in [0.05, 0.1) is 13.1 Å². The summed E-state index contributed by atoms with van der Waals surface area (Å²) in [7, 11) is 0. The standard InChI is InChI=1S/C26H52N2O4/c1-3-5-7-9-11-13-15-17-19-27(23-25(29)30)21-22-28(24-26(31)32)20-18-16-14-12-10-8-6-4-2/h3-24H2,1-2H3,(H,29,30)(H,31,32). The quantitative estimate of drug-likeness (QED) is 0.163. The van der Waals surface area contributed by atoms with Gasteiger partial charge in [-0.25, -0.2) is 0 Å². The molecule has 6 nitrogen and oxygen atoms in total. The van der Waals surface area contributed by atoms with Crippen LogP contribution in [0.25, 0.3) is 0 Å². The summed E-state index contributed by atoms with van der Waals surface area (Å²) in [6, 6.07) is 0. The molecule has 0 aliphatic carbocycles.